The van der Waals surface area contributed by atoms with Crippen molar-refractivity contribution < 1.29 is 4.79 Å². The molecule has 1 amide bonds. The molecule has 43 heavy (non-hydrogen) atoms. The zero-order valence-corrected chi connectivity index (χ0v) is 26.1. The maximum atomic E-state index is 11.2. The topological polar surface area (TPSA) is 115 Å². The third kappa shape index (κ3) is 4.38. The molecule has 2 spiro atoms. The lowest BCUT2D eigenvalue weighted by molar-refractivity contribution is 0.0521. The van der Waals surface area contributed by atoms with Crippen LogP contribution in [0.2, 0.25) is 0 Å². The minimum atomic E-state index is -0.558. The highest BCUT2D eigenvalue weighted by Crippen LogP contribution is 2.53. The molecular weight excluding hydrogens is 577 g/mol. The van der Waals surface area contributed by atoms with Gasteiger partial charge in [-0.3, -0.25) is 14.4 Å². The Balaban J connectivity index is 0.00000300. The van der Waals surface area contributed by atoms with Crippen molar-refractivity contribution in [3.8, 4) is 16.8 Å². The summed E-state index contributed by atoms with van der Waals surface area (Å²) in [5.41, 5.74) is 11.2. The number of aliphatic imine (C=N–C) groups is 1. The SMILES string of the molecule is Cc1sc2c(c1C)C(c1ccc(C#CC3CC4(C3)CN(c3ccc(C(N)=O)nn3)C4)cc1)=NC1(CC1)c1nnc(C)n1-2.S. The highest BCUT2D eigenvalue weighted by Gasteiger charge is 2.53. The summed E-state index contributed by atoms with van der Waals surface area (Å²) >= 11 is 1.80. The molecule has 8 rings (SSSR count). The molecular formula is C32H32N8OS2. The average Bonchev–Trinajstić information content (AvgIpc) is 3.56. The fourth-order valence-electron chi connectivity index (χ4n) is 6.73. The van der Waals surface area contributed by atoms with Crippen molar-refractivity contribution in [2.45, 2.75) is 52.0 Å². The van der Waals surface area contributed by atoms with Crippen molar-refractivity contribution in [2.24, 2.45) is 22.1 Å². The molecule has 2 aliphatic carbocycles. The van der Waals surface area contributed by atoms with Gasteiger partial charge in [0, 0.05) is 46.0 Å². The monoisotopic (exact) mass is 608 g/mol. The van der Waals surface area contributed by atoms with Crippen LogP contribution >= 0.6 is 24.8 Å². The second-order valence-electron chi connectivity index (χ2n) is 12.3. The molecule has 11 heteroatoms. The summed E-state index contributed by atoms with van der Waals surface area (Å²) in [6, 6.07) is 12.1. The average molecular weight is 609 g/mol. The van der Waals surface area contributed by atoms with Gasteiger partial charge in [-0.05, 0) is 76.3 Å². The van der Waals surface area contributed by atoms with E-state index in [0.717, 1.165) is 73.1 Å². The maximum absolute atomic E-state index is 11.2. The lowest BCUT2D eigenvalue weighted by atomic mass is 9.58. The second-order valence-corrected chi connectivity index (χ2v) is 13.5. The fourth-order valence-corrected chi connectivity index (χ4v) is 7.94. The molecule has 0 bridgehead atoms. The Morgan fingerprint density at radius 3 is 2.40 bits per heavy atom. The quantitative estimate of drug-likeness (QED) is 0.346. The van der Waals surface area contributed by atoms with Gasteiger partial charge in [0.05, 0.1) is 5.71 Å². The molecule has 1 saturated heterocycles. The number of benzene rings is 1. The van der Waals surface area contributed by atoms with Crippen LogP contribution in [0.5, 0.6) is 0 Å². The number of aryl methyl sites for hydroxylation is 2. The van der Waals surface area contributed by atoms with E-state index in [9.17, 15) is 4.79 Å². The van der Waals surface area contributed by atoms with Gasteiger partial charge in [0.1, 0.15) is 16.4 Å². The minimum Gasteiger partial charge on any atom is -0.364 e. The molecule has 4 aliphatic rings. The number of nitrogens with zero attached hydrogens (tertiary/aromatic N) is 7. The number of hydrogen-bond donors (Lipinski definition) is 1. The van der Waals surface area contributed by atoms with Gasteiger partial charge in [-0.1, -0.05) is 24.0 Å². The molecule has 9 nitrogen and oxygen atoms in total. The van der Waals surface area contributed by atoms with Crippen molar-refractivity contribution in [3.05, 3.63) is 80.9 Å². The van der Waals surface area contributed by atoms with Crippen molar-refractivity contribution in [1.82, 2.24) is 25.0 Å². The van der Waals surface area contributed by atoms with Gasteiger partial charge < -0.3 is 10.6 Å². The molecule has 0 atom stereocenters. The Bertz CT molecular complexity index is 1860. The number of carbonyl (C=O) groups excluding carboxylic acids is 1. The number of hydrogen-bond acceptors (Lipinski definition) is 8. The molecule has 3 fully saturated rings. The molecule has 218 valence electrons. The summed E-state index contributed by atoms with van der Waals surface area (Å²) in [6.45, 7) is 8.31. The first-order valence-corrected chi connectivity index (χ1v) is 15.2. The highest BCUT2D eigenvalue weighted by molar-refractivity contribution is 7.59. The Hall–Kier alpha value is -4.01. The maximum Gasteiger partial charge on any atom is 0.269 e. The fraction of sp³-hybridized carbons (Fsp3) is 0.375. The van der Waals surface area contributed by atoms with Crippen LogP contribution in [0.1, 0.15) is 75.0 Å². The van der Waals surface area contributed by atoms with Gasteiger partial charge >= 0.3 is 0 Å². The number of thiophene rings is 1. The highest BCUT2D eigenvalue weighted by atomic mass is 32.1. The molecule has 0 radical (unpaired) electrons. The second kappa shape index (κ2) is 9.76. The number of nitrogens with two attached hydrogens (primary N) is 1. The van der Waals surface area contributed by atoms with Crippen LogP contribution < -0.4 is 10.6 Å². The Kier molecular flexibility index (Phi) is 6.31. The van der Waals surface area contributed by atoms with Gasteiger partial charge in [-0.2, -0.15) is 13.5 Å². The van der Waals surface area contributed by atoms with E-state index in [1.807, 2.05) is 13.0 Å². The summed E-state index contributed by atoms with van der Waals surface area (Å²) in [4.78, 5) is 20.1. The first-order chi connectivity index (χ1) is 20.2. The zero-order chi connectivity index (χ0) is 28.8. The number of primary amides is 1. The van der Waals surface area contributed by atoms with E-state index < -0.39 is 5.91 Å². The summed E-state index contributed by atoms with van der Waals surface area (Å²) in [7, 11) is 0. The molecule has 2 saturated carbocycles. The molecule has 2 aliphatic heterocycles. The number of carbonyl (C=O) groups is 1. The van der Waals surface area contributed by atoms with E-state index in [2.05, 4.69) is 79.8 Å². The molecule has 5 heterocycles. The zero-order valence-electron chi connectivity index (χ0n) is 24.3. The van der Waals surface area contributed by atoms with Crippen LogP contribution in [-0.4, -0.2) is 49.7 Å². The van der Waals surface area contributed by atoms with E-state index in [1.165, 1.54) is 21.0 Å². The summed E-state index contributed by atoms with van der Waals surface area (Å²) in [5, 5.41) is 18.3. The predicted molar refractivity (Wildman–Crippen MR) is 172 cm³/mol. The van der Waals surface area contributed by atoms with E-state index in [-0.39, 0.29) is 24.7 Å². The first-order valence-electron chi connectivity index (χ1n) is 14.4. The van der Waals surface area contributed by atoms with E-state index in [4.69, 9.17) is 10.7 Å². The Labute approximate surface area is 261 Å². The van der Waals surface area contributed by atoms with E-state index in [0.29, 0.717) is 11.3 Å². The van der Waals surface area contributed by atoms with Crippen molar-refractivity contribution in [1.29, 1.82) is 0 Å². The normalized spacial score (nSPS) is 18.7. The summed E-state index contributed by atoms with van der Waals surface area (Å²) in [5.74, 6) is 9.48. The largest absolute Gasteiger partial charge is 0.364 e. The smallest absolute Gasteiger partial charge is 0.269 e. The van der Waals surface area contributed by atoms with Crippen molar-refractivity contribution >= 4 is 42.3 Å². The van der Waals surface area contributed by atoms with Gasteiger partial charge in [-0.15, -0.1) is 31.7 Å². The number of anilines is 1. The number of rotatable bonds is 3. The summed E-state index contributed by atoms with van der Waals surface area (Å²) in [6.07, 6.45) is 4.20. The lowest BCUT2D eigenvalue weighted by Gasteiger charge is -2.58. The predicted octanol–water partition coefficient (Wildman–Crippen LogP) is 4.36. The molecule has 3 aromatic heterocycles. The van der Waals surface area contributed by atoms with Crippen LogP contribution in [0.3, 0.4) is 0 Å². The molecule has 2 N–H and O–H groups in total. The van der Waals surface area contributed by atoms with Crippen molar-refractivity contribution in [3.63, 3.8) is 0 Å². The third-order valence-electron chi connectivity index (χ3n) is 9.31. The van der Waals surface area contributed by atoms with Gasteiger partial charge in [0.2, 0.25) is 0 Å². The van der Waals surface area contributed by atoms with Gasteiger partial charge in [0.25, 0.3) is 5.91 Å². The van der Waals surface area contributed by atoms with Crippen LogP contribution in [0, 0.1) is 43.9 Å². The lowest BCUT2D eigenvalue weighted by Crippen LogP contribution is -2.62. The number of fused-ring (bicyclic) bond motifs is 4. The Morgan fingerprint density at radius 1 is 1.00 bits per heavy atom. The van der Waals surface area contributed by atoms with E-state index >= 15 is 0 Å². The van der Waals surface area contributed by atoms with E-state index in [1.54, 1.807) is 17.4 Å². The van der Waals surface area contributed by atoms with Crippen LogP contribution in [-0.2, 0) is 5.54 Å². The first kappa shape index (κ1) is 27.8. The number of aromatic nitrogens is 5. The van der Waals surface area contributed by atoms with Crippen LogP contribution in [0.25, 0.3) is 5.00 Å². The third-order valence-corrected chi connectivity index (χ3v) is 10.5. The molecule has 0 unspecified atom stereocenters. The summed E-state index contributed by atoms with van der Waals surface area (Å²) < 4.78 is 2.24. The van der Waals surface area contributed by atoms with Gasteiger partial charge in [0.15, 0.2) is 17.3 Å². The molecule has 1 aromatic carbocycles. The van der Waals surface area contributed by atoms with Crippen molar-refractivity contribution in [2.75, 3.05) is 18.0 Å². The van der Waals surface area contributed by atoms with Gasteiger partial charge in [-0.25, -0.2) is 0 Å². The van der Waals surface area contributed by atoms with Crippen LogP contribution in [0.4, 0.5) is 5.82 Å². The Morgan fingerprint density at radius 2 is 1.74 bits per heavy atom. The number of amides is 1. The standard InChI is InChI=1S/C32H30N8OS.H2S/c1-18-19(2)42-29-26(18)27(34-32(12-13-32)30-38-35-20(3)40(29)30)23-8-6-21(7-9-23)4-5-22-14-31(15-22)16-39(17-31)25-11-10-24(28(33)41)36-37-25;/h6-11,22H,12-17H2,1-3H3,(H2,33,41);1H2. The minimum absolute atomic E-state index is 0. The molecule has 4 aromatic rings. The van der Waals surface area contributed by atoms with Crippen LogP contribution in [0.15, 0.2) is 41.4 Å².